The molecule has 0 amide bonds. The first-order valence-electron chi connectivity index (χ1n) is 5.95. The molecule has 1 fully saturated rings. The maximum Gasteiger partial charge on any atom is 0.149 e. The van der Waals surface area contributed by atoms with E-state index in [0.29, 0.717) is 6.04 Å². The molecule has 88 valence electrons. The van der Waals surface area contributed by atoms with Crippen LogP contribution in [0.15, 0.2) is 0 Å². The number of fused-ring (bicyclic) bond motifs is 1. The van der Waals surface area contributed by atoms with Crippen LogP contribution in [0.25, 0.3) is 0 Å². The molecular weight excluding hydrogens is 204 g/mol. The number of ether oxygens (including phenoxy) is 1. The molecule has 1 aromatic heterocycles. The van der Waals surface area contributed by atoms with E-state index in [-0.39, 0.29) is 0 Å². The standard InChI is InChI=1S/C11H18N4O/c1-2-14-4-3-9-10(5-14)15(13-11(9)12)8-6-16-7-8/h8H,2-7H2,1H3,(H2,12,13). The van der Waals surface area contributed by atoms with E-state index in [1.54, 1.807) is 0 Å². The molecule has 0 bridgehead atoms. The van der Waals surface area contributed by atoms with Gasteiger partial charge in [0, 0.05) is 18.7 Å². The Morgan fingerprint density at radius 1 is 1.50 bits per heavy atom. The highest BCUT2D eigenvalue weighted by Crippen LogP contribution is 2.28. The van der Waals surface area contributed by atoms with E-state index in [9.17, 15) is 0 Å². The molecule has 1 saturated heterocycles. The van der Waals surface area contributed by atoms with Crippen molar-refractivity contribution in [3.63, 3.8) is 0 Å². The van der Waals surface area contributed by atoms with Crippen LogP contribution in [-0.2, 0) is 17.7 Å². The summed E-state index contributed by atoms with van der Waals surface area (Å²) in [7, 11) is 0. The van der Waals surface area contributed by atoms with Crippen molar-refractivity contribution in [2.24, 2.45) is 0 Å². The highest BCUT2D eigenvalue weighted by molar-refractivity contribution is 5.44. The Hall–Kier alpha value is -1.07. The summed E-state index contributed by atoms with van der Waals surface area (Å²) in [5.74, 6) is 0.720. The van der Waals surface area contributed by atoms with Crippen LogP contribution in [0.2, 0.25) is 0 Å². The van der Waals surface area contributed by atoms with Crippen molar-refractivity contribution in [2.75, 3.05) is 32.0 Å². The van der Waals surface area contributed by atoms with Crippen molar-refractivity contribution in [2.45, 2.75) is 25.9 Å². The molecule has 2 aliphatic rings. The van der Waals surface area contributed by atoms with Crippen LogP contribution in [0.3, 0.4) is 0 Å². The molecule has 1 aromatic rings. The topological polar surface area (TPSA) is 56.3 Å². The molecule has 0 aromatic carbocycles. The highest BCUT2D eigenvalue weighted by Gasteiger charge is 2.29. The van der Waals surface area contributed by atoms with Gasteiger partial charge < -0.3 is 10.5 Å². The zero-order valence-electron chi connectivity index (χ0n) is 9.65. The van der Waals surface area contributed by atoms with Crippen LogP contribution in [0, 0.1) is 0 Å². The Balaban J connectivity index is 1.94. The van der Waals surface area contributed by atoms with Crippen molar-refractivity contribution < 1.29 is 4.74 Å². The summed E-state index contributed by atoms with van der Waals surface area (Å²) in [5.41, 5.74) is 8.54. The first kappa shape index (κ1) is 10.1. The number of nitrogen functional groups attached to an aromatic ring is 1. The molecule has 0 saturated carbocycles. The molecule has 0 atom stereocenters. The summed E-state index contributed by atoms with van der Waals surface area (Å²) in [6.45, 7) is 6.92. The molecule has 0 radical (unpaired) electrons. The smallest absolute Gasteiger partial charge is 0.149 e. The van der Waals surface area contributed by atoms with Gasteiger partial charge in [-0.1, -0.05) is 6.92 Å². The van der Waals surface area contributed by atoms with Crippen molar-refractivity contribution in [1.29, 1.82) is 0 Å². The van der Waals surface area contributed by atoms with Gasteiger partial charge in [-0.3, -0.25) is 9.58 Å². The number of rotatable bonds is 2. The van der Waals surface area contributed by atoms with E-state index in [0.717, 1.165) is 45.1 Å². The minimum atomic E-state index is 0.405. The Kier molecular flexibility index (Phi) is 2.37. The van der Waals surface area contributed by atoms with Crippen LogP contribution < -0.4 is 5.73 Å². The summed E-state index contributed by atoms with van der Waals surface area (Å²) >= 11 is 0. The van der Waals surface area contributed by atoms with Crippen LogP contribution in [0.1, 0.15) is 24.2 Å². The first-order valence-corrected chi connectivity index (χ1v) is 5.95. The molecule has 3 rings (SSSR count). The van der Waals surface area contributed by atoms with Crippen molar-refractivity contribution in [1.82, 2.24) is 14.7 Å². The van der Waals surface area contributed by atoms with E-state index in [2.05, 4.69) is 21.6 Å². The minimum Gasteiger partial charge on any atom is -0.382 e. The fraction of sp³-hybridized carbons (Fsp3) is 0.727. The third-order valence-corrected chi connectivity index (χ3v) is 3.61. The first-order chi connectivity index (χ1) is 7.79. The number of hydrogen-bond donors (Lipinski definition) is 1. The molecule has 0 spiro atoms. The van der Waals surface area contributed by atoms with Crippen molar-refractivity contribution >= 4 is 5.82 Å². The quantitative estimate of drug-likeness (QED) is 0.787. The summed E-state index contributed by atoms with van der Waals surface area (Å²) in [6.07, 6.45) is 1.03. The van der Waals surface area contributed by atoms with E-state index in [4.69, 9.17) is 10.5 Å². The average molecular weight is 222 g/mol. The number of hydrogen-bond acceptors (Lipinski definition) is 4. The second kappa shape index (κ2) is 3.75. The Labute approximate surface area is 95.2 Å². The van der Waals surface area contributed by atoms with Gasteiger partial charge in [0.1, 0.15) is 5.82 Å². The summed E-state index contributed by atoms with van der Waals surface area (Å²) in [5, 5.41) is 4.47. The van der Waals surface area contributed by atoms with Crippen LogP contribution in [0.4, 0.5) is 5.82 Å². The van der Waals surface area contributed by atoms with Crippen molar-refractivity contribution in [3.8, 4) is 0 Å². The monoisotopic (exact) mass is 222 g/mol. The maximum atomic E-state index is 5.97. The Morgan fingerprint density at radius 2 is 2.31 bits per heavy atom. The predicted molar refractivity (Wildman–Crippen MR) is 61.2 cm³/mol. The van der Waals surface area contributed by atoms with Crippen LogP contribution in [0.5, 0.6) is 0 Å². The van der Waals surface area contributed by atoms with Gasteiger partial charge in [0.05, 0.1) is 24.9 Å². The Bertz CT molecular complexity index is 397. The lowest BCUT2D eigenvalue weighted by atomic mass is 10.1. The van der Waals surface area contributed by atoms with Gasteiger partial charge in [0.25, 0.3) is 0 Å². The van der Waals surface area contributed by atoms with E-state index in [1.165, 1.54) is 11.3 Å². The number of nitrogens with zero attached hydrogens (tertiary/aromatic N) is 3. The molecule has 3 heterocycles. The van der Waals surface area contributed by atoms with Gasteiger partial charge in [0.15, 0.2) is 0 Å². The highest BCUT2D eigenvalue weighted by atomic mass is 16.5. The van der Waals surface area contributed by atoms with E-state index >= 15 is 0 Å². The predicted octanol–water partition coefficient (Wildman–Crippen LogP) is 0.415. The summed E-state index contributed by atoms with van der Waals surface area (Å²) in [4.78, 5) is 2.43. The SMILES string of the molecule is CCN1CCc2c(N)nn(C3COC3)c2C1. The molecule has 5 nitrogen and oxygen atoms in total. The molecule has 2 aliphatic heterocycles. The molecule has 2 N–H and O–H groups in total. The molecule has 5 heteroatoms. The van der Waals surface area contributed by atoms with Crippen LogP contribution in [-0.4, -0.2) is 41.0 Å². The lowest BCUT2D eigenvalue weighted by molar-refractivity contribution is -0.0306. The van der Waals surface area contributed by atoms with Crippen molar-refractivity contribution in [3.05, 3.63) is 11.3 Å². The fourth-order valence-corrected chi connectivity index (χ4v) is 2.46. The third kappa shape index (κ3) is 1.43. The lowest BCUT2D eigenvalue weighted by Crippen LogP contribution is -2.36. The Morgan fingerprint density at radius 3 is 2.94 bits per heavy atom. The van der Waals surface area contributed by atoms with Gasteiger partial charge >= 0.3 is 0 Å². The van der Waals surface area contributed by atoms with E-state index < -0.39 is 0 Å². The second-order valence-electron chi connectivity index (χ2n) is 4.57. The zero-order valence-corrected chi connectivity index (χ0v) is 9.65. The maximum absolute atomic E-state index is 5.97. The minimum absolute atomic E-state index is 0.405. The number of nitrogens with two attached hydrogens (primary N) is 1. The number of anilines is 1. The van der Waals surface area contributed by atoms with Crippen LogP contribution >= 0.6 is 0 Å². The number of likely N-dealkylation sites (N-methyl/N-ethyl adjacent to an activating group) is 1. The zero-order chi connectivity index (χ0) is 11.1. The molecule has 0 aliphatic carbocycles. The third-order valence-electron chi connectivity index (χ3n) is 3.61. The molecule has 0 unspecified atom stereocenters. The lowest BCUT2D eigenvalue weighted by Gasteiger charge is -2.31. The van der Waals surface area contributed by atoms with Gasteiger partial charge in [-0.15, -0.1) is 0 Å². The van der Waals surface area contributed by atoms with Gasteiger partial charge in [-0.05, 0) is 13.0 Å². The fourth-order valence-electron chi connectivity index (χ4n) is 2.46. The summed E-state index contributed by atoms with van der Waals surface area (Å²) < 4.78 is 7.32. The largest absolute Gasteiger partial charge is 0.382 e. The normalized spacial score (nSPS) is 21.8. The molecule has 16 heavy (non-hydrogen) atoms. The molecular formula is C11H18N4O. The number of aromatic nitrogens is 2. The summed E-state index contributed by atoms with van der Waals surface area (Å²) in [6, 6.07) is 0.405. The average Bonchev–Trinajstić information content (AvgIpc) is 2.54. The van der Waals surface area contributed by atoms with Gasteiger partial charge in [-0.25, -0.2) is 0 Å². The van der Waals surface area contributed by atoms with Gasteiger partial charge in [0.2, 0.25) is 0 Å². The second-order valence-corrected chi connectivity index (χ2v) is 4.57. The van der Waals surface area contributed by atoms with Gasteiger partial charge in [-0.2, -0.15) is 5.10 Å². The van der Waals surface area contributed by atoms with E-state index in [1.807, 2.05) is 0 Å².